The van der Waals surface area contributed by atoms with E-state index in [0.717, 1.165) is 19.1 Å². The molecule has 0 spiro atoms. The van der Waals surface area contributed by atoms with Gasteiger partial charge in [-0.2, -0.15) is 114 Å². The fourth-order valence-corrected chi connectivity index (χ4v) is 4.29. The van der Waals surface area contributed by atoms with Crippen LogP contribution in [0.1, 0.15) is 49.7 Å². The van der Waals surface area contributed by atoms with Crippen molar-refractivity contribution >= 4 is 0 Å². The highest BCUT2D eigenvalue weighted by Gasteiger charge is 2.92. The highest BCUT2D eigenvalue weighted by atomic mass is 19.4. The highest BCUT2D eigenvalue weighted by molar-refractivity contribution is 5.47. The summed E-state index contributed by atoms with van der Waals surface area (Å²) >= 11 is 0. The monoisotopic (exact) mass is 902 g/mol. The standard InChI is InChI=1S/C28H24F26O3/c1-13-15(56-8-4-2-6-17(29,30)19(33,34)21(37,38)23(41,42)25(45,46)27(49,50)51)10-14(12-55)11-16(13)57-9-5-3-7-18(31,32)20(35,36)22(39,40)24(43,44)26(47,48)28(52,53)54/h10-11,55H,2-9,12H2,1H3. The average molecular weight is 902 g/mol. The normalized spacial score (nSPS) is 15.3. The minimum Gasteiger partial charge on any atom is -0.493 e. The molecule has 0 aliphatic carbocycles. The summed E-state index contributed by atoms with van der Waals surface area (Å²) in [5, 5.41) is 9.40. The lowest BCUT2D eigenvalue weighted by molar-refractivity contribution is -0.440. The Bertz CT molecular complexity index is 1390. The molecule has 0 bridgehead atoms. The summed E-state index contributed by atoms with van der Waals surface area (Å²) in [6.45, 7) is -1.66. The summed E-state index contributed by atoms with van der Waals surface area (Å²) in [6.07, 6.45) is -24.9. The Kier molecular flexibility index (Phi) is 14.8. The topological polar surface area (TPSA) is 38.7 Å². The zero-order chi connectivity index (χ0) is 45.5. The molecule has 0 aromatic heterocycles. The lowest BCUT2D eigenvalue weighted by Gasteiger charge is -2.39. The molecule has 1 aromatic carbocycles. The first-order chi connectivity index (χ1) is 25.0. The van der Waals surface area contributed by atoms with Crippen molar-refractivity contribution in [2.24, 2.45) is 0 Å². The molecule has 1 aromatic rings. The van der Waals surface area contributed by atoms with E-state index in [0.29, 0.717) is 0 Å². The maximum atomic E-state index is 14.0. The molecule has 0 heterocycles. The van der Waals surface area contributed by atoms with Gasteiger partial charge in [0.05, 0.1) is 19.8 Å². The van der Waals surface area contributed by atoms with E-state index >= 15 is 0 Å². The first-order valence-corrected chi connectivity index (χ1v) is 14.9. The van der Waals surface area contributed by atoms with Gasteiger partial charge < -0.3 is 14.6 Å². The molecule has 0 unspecified atom stereocenters. The third-order valence-corrected chi connectivity index (χ3v) is 7.84. The quantitative estimate of drug-likeness (QED) is 0.0987. The Labute approximate surface area is 301 Å². The number of hydrogen-bond donors (Lipinski definition) is 1. The van der Waals surface area contributed by atoms with Crippen molar-refractivity contribution in [2.45, 2.75) is 124 Å². The minimum atomic E-state index is -8.09. The molecule has 0 saturated heterocycles. The molecule has 0 fully saturated rings. The summed E-state index contributed by atoms with van der Waals surface area (Å²) in [4.78, 5) is 0. The molecule has 0 aliphatic rings. The molecule has 0 radical (unpaired) electrons. The van der Waals surface area contributed by atoms with Crippen molar-refractivity contribution in [3.05, 3.63) is 23.3 Å². The van der Waals surface area contributed by atoms with Crippen LogP contribution in [-0.2, 0) is 6.61 Å². The van der Waals surface area contributed by atoms with Gasteiger partial charge in [0.15, 0.2) is 0 Å². The number of alkyl halides is 26. The Balaban J connectivity index is 2.97. The predicted octanol–water partition coefficient (Wildman–Crippen LogP) is 12.1. The van der Waals surface area contributed by atoms with Gasteiger partial charge in [0, 0.05) is 18.4 Å². The fraction of sp³-hybridized carbons (Fsp3) is 0.786. The first-order valence-electron chi connectivity index (χ1n) is 14.9. The van der Waals surface area contributed by atoms with E-state index < -0.39 is 141 Å². The van der Waals surface area contributed by atoms with Crippen molar-refractivity contribution in [1.29, 1.82) is 0 Å². The summed E-state index contributed by atoms with van der Waals surface area (Å²) < 4.78 is 354. The van der Waals surface area contributed by atoms with E-state index in [1.54, 1.807) is 0 Å². The van der Waals surface area contributed by atoms with Crippen LogP contribution in [0.3, 0.4) is 0 Å². The third kappa shape index (κ3) is 9.10. The van der Waals surface area contributed by atoms with E-state index in [4.69, 9.17) is 9.47 Å². The maximum absolute atomic E-state index is 14.0. The van der Waals surface area contributed by atoms with Gasteiger partial charge in [-0.05, 0) is 50.3 Å². The SMILES string of the molecule is Cc1c(OCCCCC(F)(F)C(F)(F)C(F)(F)C(F)(F)C(F)(F)C(F)(F)F)cc(CO)cc1OCCCCC(F)(F)C(F)(F)C(F)(F)C(F)(F)C(F)(F)C(F)(F)F. The van der Waals surface area contributed by atoms with Gasteiger partial charge in [-0.15, -0.1) is 0 Å². The van der Waals surface area contributed by atoms with Crippen LogP contribution in [0.2, 0.25) is 0 Å². The summed E-state index contributed by atoms with van der Waals surface area (Å²) in [7, 11) is 0. The van der Waals surface area contributed by atoms with Crippen LogP contribution in [0.15, 0.2) is 12.1 Å². The molecular weight excluding hydrogens is 878 g/mol. The van der Waals surface area contributed by atoms with Crippen LogP contribution in [0.4, 0.5) is 114 Å². The van der Waals surface area contributed by atoms with E-state index in [1.807, 2.05) is 0 Å². The Morgan fingerprint density at radius 2 is 0.667 bits per heavy atom. The van der Waals surface area contributed by atoms with Crippen LogP contribution in [0.25, 0.3) is 0 Å². The van der Waals surface area contributed by atoms with E-state index in [1.165, 1.54) is 0 Å². The van der Waals surface area contributed by atoms with Crippen LogP contribution in [0.5, 0.6) is 11.5 Å². The second-order valence-corrected chi connectivity index (χ2v) is 12.0. The number of rotatable bonds is 21. The second kappa shape index (κ2) is 16.2. The average Bonchev–Trinajstić information content (AvgIpc) is 3.03. The van der Waals surface area contributed by atoms with Gasteiger partial charge >= 0.3 is 71.6 Å². The molecule has 1 rings (SSSR count). The van der Waals surface area contributed by atoms with Gasteiger partial charge in [-0.3, -0.25) is 0 Å². The maximum Gasteiger partial charge on any atom is 0.460 e. The summed E-state index contributed by atoms with van der Waals surface area (Å²) in [5.41, 5.74) is -0.401. The Morgan fingerprint density at radius 3 is 0.912 bits per heavy atom. The van der Waals surface area contributed by atoms with E-state index in [-0.39, 0.29) is 11.1 Å². The number of aliphatic hydroxyl groups is 1. The number of unbranched alkanes of at least 4 members (excludes halogenated alkanes) is 2. The molecule has 57 heavy (non-hydrogen) atoms. The van der Waals surface area contributed by atoms with Crippen molar-refractivity contribution < 1.29 is 129 Å². The summed E-state index contributed by atoms with van der Waals surface area (Å²) in [6, 6.07) is 1.88. The molecule has 29 heteroatoms. The Morgan fingerprint density at radius 1 is 0.404 bits per heavy atom. The predicted molar refractivity (Wildman–Crippen MR) is 137 cm³/mol. The molecule has 3 nitrogen and oxygen atoms in total. The highest BCUT2D eigenvalue weighted by Crippen LogP contribution is 2.62. The number of halogens is 26. The lowest BCUT2D eigenvalue weighted by Crippen LogP contribution is -2.70. The summed E-state index contributed by atoms with van der Waals surface area (Å²) in [5.74, 6) is -76.6. The van der Waals surface area contributed by atoms with Crippen molar-refractivity contribution in [1.82, 2.24) is 0 Å². The molecular formula is C28H24F26O3. The zero-order valence-electron chi connectivity index (χ0n) is 27.6. The second-order valence-electron chi connectivity index (χ2n) is 12.0. The number of ether oxygens (including phenoxy) is 2. The molecule has 0 aliphatic heterocycles. The third-order valence-electron chi connectivity index (χ3n) is 7.84. The number of hydrogen-bond acceptors (Lipinski definition) is 3. The van der Waals surface area contributed by atoms with Crippen molar-refractivity contribution in [3.63, 3.8) is 0 Å². The van der Waals surface area contributed by atoms with Crippen molar-refractivity contribution in [2.75, 3.05) is 13.2 Å². The molecule has 1 N–H and O–H groups in total. The largest absolute Gasteiger partial charge is 0.493 e. The molecule has 0 saturated carbocycles. The number of aliphatic hydroxyl groups excluding tert-OH is 1. The fourth-order valence-electron chi connectivity index (χ4n) is 4.29. The van der Waals surface area contributed by atoms with Crippen LogP contribution >= 0.6 is 0 Å². The van der Waals surface area contributed by atoms with Gasteiger partial charge in [-0.25, -0.2) is 0 Å². The van der Waals surface area contributed by atoms with Crippen LogP contribution in [0, 0.1) is 6.92 Å². The lowest BCUT2D eigenvalue weighted by atomic mass is 9.92. The molecule has 0 amide bonds. The minimum absolute atomic E-state index is 0.194. The van der Waals surface area contributed by atoms with Crippen LogP contribution < -0.4 is 9.47 Å². The molecule has 0 atom stereocenters. The first kappa shape index (κ1) is 52.0. The van der Waals surface area contributed by atoms with Gasteiger partial charge in [0.2, 0.25) is 0 Å². The number of benzene rings is 1. The van der Waals surface area contributed by atoms with Crippen LogP contribution in [-0.4, -0.2) is 89.9 Å². The van der Waals surface area contributed by atoms with Gasteiger partial charge in [0.1, 0.15) is 11.5 Å². The molecule has 336 valence electrons. The van der Waals surface area contributed by atoms with Gasteiger partial charge in [0.25, 0.3) is 0 Å². The smallest absolute Gasteiger partial charge is 0.460 e. The van der Waals surface area contributed by atoms with E-state index in [9.17, 15) is 119 Å². The zero-order valence-corrected chi connectivity index (χ0v) is 27.6. The van der Waals surface area contributed by atoms with Gasteiger partial charge in [-0.1, -0.05) is 0 Å². The van der Waals surface area contributed by atoms with E-state index in [2.05, 4.69) is 0 Å². The Hall–Kier alpha value is -3.04. The van der Waals surface area contributed by atoms with Crippen molar-refractivity contribution in [3.8, 4) is 11.5 Å².